The first-order valence-electron chi connectivity index (χ1n) is 4.57. The SMILES string of the molecule is CCCNc1ccccc1C(=O)NO. The molecule has 0 unspecified atom stereocenters. The molecule has 0 aliphatic heterocycles. The largest absolute Gasteiger partial charge is 0.384 e. The van der Waals surface area contributed by atoms with Crippen LogP contribution in [0.3, 0.4) is 0 Å². The van der Waals surface area contributed by atoms with Crippen LogP contribution in [0.4, 0.5) is 5.69 Å². The lowest BCUT2D eigenvalue weighted by atomic mass is 10.1. The van der Waals surface area contributed by atoms with Crippen molar-refractivity contribution < 1.29 is 10.0 Å². The molecule has 0 saturated heterocycles. The molecule has 1 rings (SSSR count). The van der Waals surface area contributed by atoms with Gasteiger partial charge in [-0.25, -0.2) is 5.48 Å². The van der Waals surface area contributed by atoms with E-state index in [-0.39, 0.29) is 0 Å². The van der Waals surface area contributed by atoms with E-state index < -0.39 is 5.91 Å². The Kier molecular flexibility index (Phi) is 3.94. The quantitative estimate of drug-likeness (QED) is 0.504. The third-order valence-electron chi connectivity index (χ3n) is 1.84. The molecule has 1 amide bonds. The highest BCUT2D eigenvalue weighted by atomic mass is 16.5. The lowest BCUT2D eigenvalue weighted by Gasteiger charge is -2.09. The lowest BCUT2D eigenvalue weighted by molar-refractivity contribution is 0.0707. The molecule has 0 radical (unpaired) electrons. The van der Waals surface area contributed by atoms with Gasteiger partial charge in [0.25, 0.3) is 5.91 Å². The van der Waals surface area contributed by atoms with Crippen LogP contribution in [-0.4, -0.2) is 17.7 Å². The third kappa shape index (κ3) is 2.47. The molecule has 0 atom stereocenters. The van der Waals surface area contributed by atoms with Crippen LogP contribution in [0.15, 0.2) is 24.3 Å². The summed E-state index contributed by atoms with van der Waals surface area (Å²) in [5.74, 6) is -0.496. The molecular formula is C10H14N2O2. The monoisotopic (exact) mass is 194 g/mol. The minimum absolute atomic E-state index is 0.448. The number of benzene rings is 1. The summed E-state index contributed by atoms with van der Waals surface area (Å²) in [5, 5.41) is 11.6. The van der Waals surface area contributed by atoms with Crippen molar-refractivity contribution >= 4 is 11.6 Å². The third-order valence-corrected chi connectivity index (χ3v) is 1.84. The van der Waals surface area contributed by atoms with Crippen molar-refractivity contribution in [1.82, 2.24) is 5.48 Å². The molecular weight excluding hydrogens is 180 g/mol. The Morgan fingerprint density at radius 2 is 2.14 bits per heavy atom. The van der Waals surface area contributed by atoms with Crippen LogP contribution in [0.25, 0.3) is 0 Å². The molecule has 0 fully saturated rings. The summed E-state index contributed by atoms with van der Waals surface area (Å²) in [5.41, 5.74) is 2.80. The van der Waals surface area contributed by atoms with Gasteiger partial charge in [-0.2, -0.15) is 0 Å². The van der Waals surface area contributed by atoms with Gasteiger partial charge in [0.15, 0.2) is 0 Å². The zero-order valence-electron chi connectivity index (χ0n) is 8.08. The van der Waals surface area contributed by atoms with Crippen LogP contribution in [0.5, 0.6) is 0 Å². The Hall–Kier alpha value is -1.55. The van der Waals surface area contributed by atoms with Gasteiger partial charge in [-0.3, -0.25) is 10.0 Å². The number of hydrogen-bond acceptors (Lipinski definition) is 3. The van der Waals surface area contributed by atoms with Gasteiger partial charge in [-0.1, -0.05) is 19.1 Å². The van der Waals surface area contributed by atoms with Crippen LogP contribution < -0.4 is 10.8 Å². The second-order valence-electron chi connectivity index (χ2n) is 2.91. The fourth-order valence-corrected chi connectivity index (χ4v) is 1.16. The predicted molar refractivity (Wildman–Crippen MR) is 54.5 cm³/mol. The highest BCUT2D eigenvalue weighted by molar-refractivity contribution is 5.98. The van der Waals surface area contributed by atoms with Crippen LogP contribution in [0.2, 0.25) is 0 Å². The molecule has 1 aromatic carbocycles. The second-order valence-corrected chi connectivity index (χ2v) is 2.91. The van der Waals surface area contributed by atoms with E-state index in [2.05, 4.69) is 5.32 Å². The number of para-hydroxylation sites is 1. The normalized spacial score (nSPS) is 9.57. The van der Waals surface area contributed by atoms with Crippen molar-refractivity contribution in [2.75, 3.05) is 11.9 Å². The van der Waals surface area contributed by atoms with Crippen LogP contribution in [0, 0.1) is 0 Å². The minimum atomic E-state index is -0.496. The van der Waals surface area contributed by atoms with Crippen molar-refractivity contribution in [3.63, 3.8) is 0 Å². The molecule has 0 aliphatic rings. The maximum absolute atomic E-state index is 11.2. The molecule has 0 aromatic heterocycles. The maximum Gasteiger partial charge on any atom is 0.276 e. The molecule has 1 aromatic rings. The molecule has 76 valence electrons. The van der Waals surface area contributed by atoms with Gasteiger partial charge < -0.3 is 5.32 Å². The smallest absolute Gasteiger partial charge is 0.276 e. The summed E-state index contributed by atoms with van der Waals surface area (Å²) in [4.78, 5) is 11.2. The fraction of sp³-hybridized carbons (Fsp3) is 0.300. The first kappa shape index (κ1) is 10.5. The van der Waals surface area contributed by atoms with E-state index in [9.17, 15) is 4.79 Å². The van der Waals surface area contributed by atoms with E-state index in [1.165, 1.54) is 0 Å². The topological polar surface area (TPSA) is 61.4 Å². The van der Waals surface area contributed by atoms with Crippen molar-refractivity contribution in [3.8, 4) is 0 Å². The zero-order chi connectivity index (χ0) is 10.4. The average molecular weight is 194 g/mol. The molecule has 0 aliphatic carbocycles. The van der Waals surface area contributed by atoms with Gasteiger partial charge in [-0.15, -0.1) is 0 Å². The Labute approximate surface area is 82.9 Å². The van der Waals surface area contributed by atoms with Gasteiger partial charge in [0, 0.05) is 12.2 Å². The van der Waals surface area contributed by atoms with E-state index in [4.69, 9.17) is 5.21 Å². The van der Waals surface area contributed by atoms with E-state index in [1.54, 1.807) is 23.7 Å². The van der Waals surface area contributed by atoms with Crippen LogP contribution >= 0.6 is 0 Å². The van der Waals surface area contributed by atoms with Gasteiger partial charge in [0.1, 0.15) is 0 Å². The molecule has 14 heavy (non-hydrogen) atoms. The van der Waals surface area contributed by atoms with E-state index in [0.29, 0.717) is 5.56 Å². The highest BCUT2D eigenvalue weighted by Gasteiger charge is 2.08. The molecule has 0 saturated carbocycles. The van der Waals surface area contributed by atoms with Gasteiger partial charge in [0.05, 0.1) is 5.56 Å². The molecule has 0 spiro atoms. The van der Waals surface area contributed by atoms with Crippen molar-refractivity contribution in [1.29, 1.82) is 0 Å². The molecule has 4 nitrogen and oxygen atoms in total. The van der Waals surface area contributed by atoms with Crippen molar-refractivity contribution in [2.45, 2.75) is 13.3 Å². The number of nitrogens with one attached hydrogen (secondary N) is 2. The number of anilines is 1. The standard InChI is InChI=1S/C10H14N2O2/c1-2-7-11-9-6-4-3-5-8(9)10(13)12-14/h3-6,11,14H,2,7H2,1H3,(H,12,13). The van der Waals surface area contributed by atoms with E-state index >= 15 is 0 Å². The number of amides is 1. The number of carbonyl (C=O) groups is 1. The first-order valence-corrected chi connectivity index (χ1v) is 4.57. The van der Waals surface area contributed by atoms with Crippen LogP contribution in [-0.2, 0) is 0 Å². The summed E-state index contributed by atoms with van der Waals surface area (Å²) in [6, 6.07) is 7.05. The Bertz CT molecular complexity index is 313. The van der Waals surface area contributed by atoms with Gasteiger partial charge in [0.2, 0.25) is 0 Å². The highest BCUT2D eigenvalue weighted by Crippen LogP contribution is 2.14. The maximum atomic E-state index is 11.2. The molecule has 0 bridgehead atoms. The van der Waals surface area contributed by atoms with Crippen molar-refractivity contribution in [2.24, 2.45) is 0 Å². The van der Waals surface area contributed by atoms with Crippen LogP contribution in [0.1, 0.15) is 23.7 Å². The summed E-state index contributed by atoms with van der Waals surface area (Å²) in [7, 11) is 0. The van der Waals surface area contributed by atoms with Gasteiger partial charge in [-0.05, 0) is 18.6 Å². The molecule has 3 N–H and O–H groups in total. The fourth-order valence-electron chi connectivity index (χ4n) is 1.16. The zero-order valence-corrected chi connectivity index (χ0v) is 8.08. The van der Waals surface area contributed by atoms with Crippen molar-refractivity contribution in [3.05, 3.63) is 29.8 Å². The summed E-state index contributed by atoms with van der Waals surface area (Å²) >= 11 is 0. The summed E-state index contributed by atoms with van der Waals surface area (Å²) in [6.07, 6.45) is 0.981. The second kappa shape index (κ2) is 5.24. The number of hydroxylamine groups is 1. The van der Waals surface area contributed by atoms with E-state index in [0.717, 1.165) is 18.7 Å². The number of rotatable bonds is 4. The number of hydrogen-bond donors (Lipinski definition) is 3. The van der Waals surface area contributed by atoms with E-state index in [1.807, 2.05) is 13.0 Å². The summed E-state index contributed by atoms with van der Waals surface area (Å²) < 4.78 is 0. The lowest BCUT2D eigenvalue weighted by Crippen LogP contribution is -2.20. The van der Waals surface area contributed by atoms with Gasteiger partial charge >= 0.3 is 0 Å². The minimum Gasteiger partial charge on any atom is -0.384 e. The Balaban J connectivity index is 2.85. The molecule has 0 heterocycles. The predicted octanol–water partition coefficient (Wildman–Crippen LogP) is 1.63. The molecule has 4 heteroatoms. The number of carbonyl (C=O) groups excluding carboxylic acids is 1. The first-order chi connectivity index (χ1) is 6.79. The average Bonchev–Trinajstić information content (AvgIpc) is 2.25. The summed E-state index contributed by atoms with van der Waals surface area (Å²) in [6.45, 7) is 2.84. The Morgan fingerprint density at radius 3 is 2.79 bits per heavy atom. The Morgan fingerprint density at radius 1 is 1.43 bits per heavy atom.